The molecule has 0 saturated heterocycles. The second-order valence-corrected chi connectivity index (χ2v) is 10.9. The van der Waals surface area contributed by atoms with Crippen LogP contribution >= 0.6 is 0 Å². The maximum absolute atomic E-state index is 13.9. The number of dihydropyridines is 1. The molecule has 2 aliphatic carbocycles. The lowest BCUT2D eigenvalue weighted by atomic mass is 9.71. The van der Waals surface area contributed by atoms with Gasteiger partial charge in [-0.3, -0.25) is 4.79 Å². The highest BCUT2D eigenvalue weighted by molar-refractivity contribution is 6.04. The molecule has 2 aromatic carbocycles. The number of methoxy groups -OCH3 is 1. The van der Waals surface area contributed by atoms with Gasteiger partial charge >= 0.3 is 5.97 Å². The standard InChI is InChI=1S/C33H39NO5/c1-4-17-38-28-16-15-23(20-29(28)37-3)31-30(33(36)39-25-13-9-6-10-14-25)21(2)34-26-18-24(19-27(35)32(26)31)22-11-7-5-8-12-22/h5,7-8,11-12,15-16,20,24-25,31,34H,4,6,9-10,13-14,17-19H2,1-3H3/t24-,31-/m1/s1. The van der Waals surface area contributed by atoms with Gasteiger partial charge in [-0.1, -0.05) is 49.7 Å². The summed E-state index contributed by atoms with van der Waals surface area (Å²) in [7, 11) is 1.61. The second-order valence-electron chi connectivity index (χ2n) is 10.9. The maximum Gasteiger partial charge on any atom is 0.337 e. The summed E-state index contributed by atoms with van der Waals surface area (Å²) in [6, 6.07) is 15.9. The van der Waals surface area contributed by atoms with Crippen molar-refractivity contribution in [1.29, 1.82) is 0 Å². The molecule has 0 unspecified atom stereocenters. The lowest BCUT2D eigenvalue weighted by molar-refractivity contribution is -0.146. The third-order valence-electron chi connectivity index (χ3n) is 8.13. The summed E-state index contributed by atoms with van der Waals surface area (Å²) >= 11 is 0. The van der Waals surface area contributed by atoms with Crippen LogP contribution < -0.4 is 14.8 Å². The lowest BCUT2D eigenvalue weighted by Crippen LogP contribution is -2.37. The topological polar surface area (TPSA) is 73.9 Å². The van der Waals surface area contributed by atoms with Crippen LogP contribution in [0.3, 0.4) is 0 Å². The average molecular weight is 530 g/mol. The van der Waals surface area contributed by atoms with Gasteiger partial charge < -0.3 is 19.5 Å². The number of ketones is 1. The normalized spacial score (nSPS) is 21.8. The van der Waals surface area contributed by atoms with E-state index in [0.29, 0.717) is 42.1 Å². The van der Waals surface area contributed by atoms with Gasteiger partial charge in [0.2, 0.25) is 0 Å². The van der Waals surface area contributed by atoms with Crippen LogP contribution in [0.5, 0.6) is 11.5 Å². The predicted octanol–water partition coefficient (Wildman–Crippen LogP) is 6.72. The Morgan fingerprint density at radius 2 is 1.74 bits per heavy atom. The number of hydrogen-bond donors (Lipinski definition) is 1. The van der Waals surface area contributed by atoms with E-state index in [2.05, 4.69) is 24.4 Å². The van der Waals surface area contributed by atoms with Gasteiger partial charge in [0, 0.05) is 29.3 Å². The molecule has 0 amide bonds. The maximum atomic E-state index is 13.9. The van der Waals surface area contributed by atoms with Gasteiger partial charge in [-0.2, -0.15) is 0 Å². The van der Waals surface area contributed by atoms with E-state index in [9.17, 15) is 9.59 Å². The fourth-order valence-corrected chi connectivity index (χ4v) is 6.20. The highest BCUT2D eigenvalue weighted by Gasteiger charge is 2.42. The fourth-order valence-electron chi connectivity index (χ4n) is 6.20. The van der Waals surface area contributed by atoms with Crippen molar-refractivity contribution < 1.29 is 23.8 Å². The summed E-state index contributed by atoms with van der Waals surface area (Å²) in [6.07, 6.45) is 7.01. The number of rotatable bonds is 8. The Hall–Kier alpha value is -3.54. The van der Waals surface area contributed by atoms with Crippen LogP contribution in [0.4, 0.5) is 0 Å². The van der Waals surface area contributed by atoms with Crippen molar-refractivity contribution in [2.75, 3.05) is 13.7 Å². The van der Waals surface area contributed by atoms with Crippen LogP contribution in [0, 0.1) is 0 Å². The third kappa shape index (κ3) is 5.75. The van der Waals surface area contributed by atoms with Gasteiger partial charge in [-0.05, 0) is 74.6 Å². The summed E-state index contributed by atoms with van der Waals surface area (Å²) in [6.45, 7) is 4.55. The fraction of sp³-hybridized carbons (Fsp3) is 0.455. The minimum Gasteiger partial charge on any atom is -0.493 e. The number of ether oxygens (including phenoxy) is 3. The zero-order chi connectivity index (χ0) is 27.4. The SMILES string of the molecule is CCCOc1ccc([C@@H]2C(C(=O)OC3CCCCC3)=C(C)NC3=C2C(=O)C[C@H](c2ccccc2)C3)cc1OC. The van der Waals surface area contributed by atoms with Crippen molar-refractivity contribution in [2.45, 2.75) is 83.2 Å². The monoisotopic (exact) mass is 529 g/mol. The van der Waals surface area contributed by atoms with E-state index in [-0.39, 0.29) is 23.8 Å². The van der Waals surface area contributed by atoms with Crippen molar-refractivity contribution in [2.24, 2.45) is 0 Å². The van der Waals surface area contributed by atoms with Crippen LogP contribution in [0.1, 0.15) is 88.2 Å². The molecule has 6 heteroatoms. The molecule has 0 bridgehead atoms. The number of carbonyl (C=O) groups excluding carboxylic acids is 2. The minimum atomic E-state index is -0.532. The molecular weight excluding hydrogens is 490 g/mol. The Balaban J connectivity index is 1.55. The first-order chi connectivity index (χ1) is 19.0. The average Bonchev–Trinajstić information content (AvgIpc) is 2.96. The van der Waals surface area contributed by atoms with Gasteiger partial charge in [0.05, 0.1) is 19.3 Å². The zero-order valence-corrected chi connectivity index (χ0v) is 23.3. The van der Waals surface area contributed by atoms with Gasteiger partial charge in [-0.15, -0.1) is 0 Å². The van der Waals surface area contributed by atoms with Gasteiger partial charge in [0.15, 0.2) is 17.3 Å². The number of benzene rings is 2. The van der Waals surface area contributed by atoms with Crippen molar-refractivity contribution in [1.82, 2.24) is 5.32 Å². The highest BCUT2D eigenvalue weighted by atomic mass is 16.5. The molecular formula is C33H39NO5. The molecule has 206 valence electrons. The first kappa shape index (κ1) is 27.0. The van der Waals surface area contributed by atoms with Crippen molar-refractivity contribution >= 4 is 11.8 Å². The molecule has 5 rings (SSSR count). The second kappa shape index (κ2) is 12.1. The molecule has 2 aromatic rings. The van der Waals surface area contributed by atoms with E-state index >= 15 is 0 Å². The van der Waals surface area contributed by atoms with Crippen LogP contribution in [-0.4, -0.2) is 31.6 Å². The molecule has 0 spiro atoms. The number of Topliss-reactive ketones (excluding diaryl/α,β-unsaturated/α-hetero) is 1. The Labute approximate surface area is 231 Å². The van der Waals surface area contributed by atoms with Gasteiger partial charge in [0.25, 0.3) is 0 Å². The molecule has 0 radical (unpaired) electrons. The number of carbonyl (C=O) groups is 2. The molecule has 1 heterocycles. The smallest absolute Gasteiger partial charge is 0.337 e. The molecule has 1 saturated carbocycles. The number of nitrogens with one attached hydrogen (secondary N) is 1. The zero-order valence-electron chi connectivity index (χ0n) is 23.3. The van der Waals surface area contributed by atoms with E-state index < -0.39 is 5.92 Å². The summed E-state index contributed by atoms with van der Waals surface area (Å²) < 4.78 is 17.6. The Bertz CT molecular complexity index is 1270. The van der Waals surface area contributed by atoms with Crippen molar-refractivity contribution in [3.63, 3.8) is 0 Å². The molecule has 3 aliphatic rings. The first-order valence-corrected chi connectivity index (χ1v) is 14.3. The summed E-state index contributed by atoms with van der Waals surface area (Å²) in [5.74, 6) is 0.515. The molecule has 0 aromatic heterocycles. The minimum absolute atomic E-state index is 0.0587. The van der Waals surface area contributed by atoms with E-state index in [1.54, 1.807) is 7.11 Å². The summed E-state index contributed by atoms with van der Waals surface area (Å²) in [5, 5.41) is 3.47. The van der Waals surface area contributed by atoms with Crippen LogP contribution in [-0.2, 0) is 14.3 Å². The van der Waals surface area contributed by atoms with E-state index in [4.69, 9.17) is 14.2 Å². The van der Waals surface area contributed by atoms with E-state index in [0.717, 1.165) is 54.6 Å². The molecule has 1 aliphatic heterocycles. The molecule has 1 fully saturated rings. The van der Waals surface area contributed by atoms with Gasteiger partial charge in [-0.25, -0.2) is 4.79 Å². The molecule has 39 heavy (non-hydrogen) atoms. The van der Waals surface area contributed by atoms with Crippen molar-refractivity contribution in [3.05, 3.63) is 82.2 Å². The summed E-state index contributed by atoms with van der Waals surface area (Å²) in [4.78, 5) is 27.7. The predicted molar refractivity (Wildman–Crippen MR) is 151 cm³/mol. The Morgan fingerprint density at radius 3 is 2.46 bits per heavy atom. The molecule has 2 atom stereocenters. The summed E-state index contributed by atoms with van der Waals surface area (Å²) in [5.41, 5.74) is 4.78. The van der Waals surface area contributed by atoms with Crippen LogP contribution in [0.15, 0.2) is 71.1 Å². The lowest BCUT2D eigenvalue weighted by Gasteiger charge is -2.37. The van der Waals surface area contributed by atoms with Crippen LogP contribution in [0.2, 0.25) is 0 Å². The number of esters is 1. The van der Waals surface area contributed by atoms with E-state index in [1.165, 1.54) is 6.42 Å². The number of hydrogen-bond acceptors (Lipinski definition) is 6. The third-order valence-corrected chi connectivity index (χ3v) is 8.13. The molecule has 6 nitrogen and oxygen atoms in total. The largest absolute Gasteiger partial charge is 0.493 e. The van der Waals surface area contributed by atoms with Crippen LogP contribution in [0.25, 0.3) is 0 Å². The quantitative estimate of drug-likeness (QED) is 0.383. The Morgan fingerprint density at radius 1 is 0.974 bits per heavy atom. The van der Waals surface area contributed by atoms with Crippen molar-refractivity contribution in [3.8, 4) is 11.5 Å². The number of allylic oxidation sites excluding steroid dienone is 3. The first-order valence-electron chi connectivity index (χ1n) is 14.3. The van der Waals surface area contributed by atoms with Gasteiger partial charge in [0.1, 0.15) is 6.10 Å². The highest BCUT2D eigenvalue weighted by Crippen LogP contribution is 2.47. The Kier molecular flexibility index (Phi) is 8.39. The van der Waals surface area contributed by atoms with E-state index in [1.807, 2.05) is 43.3 Å². The molecule has 1 N–H and O–H groups in total.